The van der Waals surface area contributed by atoms with Gasteiger partial charge in [0, 0.05) is 0 Å². The first-order valence-corrected chi connectivity index (χ1v) is 7.88. The number of hydrogen-bond donors (Lipinski definition) is 0. The maximum Gasteiger partial charge on any atom is -0.0135 e. The van der Waals surface area contributed by atoms with Crippen LogP contribution in [0.1, 0.15) is 67.2 Å². The summed E-state index contributed by atoms with van der Waals surface area (Å²) in [6.45, 7) is 13.4. The van der Waals surface area contributed by atoms with Gasteiger partial charge in [-0.25, -0.2) is 0 Å². The van der Waals surface area contributed by atoms with Crippen molar-refractivity contribution in [1.82, 2.24) is 0 Å². The van der Waals surface area contributed by atoms with E-state index in [4.69, 9.17) is 0 Å². The van der Waals surface area contributed by atoms with E-state index < -0.39 is 0 Å². The van der Waals surface area contributed by atoms with E-state index in [-0.39, 0.29) is 0 Å². The summed E-state index contributed by atoms with van der Waals surface area (Å²) in [6.07, 6.45) is 12.9. The molecule has 0 radical (unpaired) electrons. The van der Waals surface area contributed by atoms with Crippen molar-refractivity contribution >= 4 is 0 Å². The summed E-state index contributed by atoms with van der Waals surface area (Å²) in [7, 11) is 0. The second-order valence-electron chi connectivity index (χ2n) is 6.52. The van der Waals surface area contributed by atoms with Crippen LogP contribution in [-0.4, -0.2) is 0 Å². The third-order valence-corrected chi connectivity index (χ3v) is 4.60. The van der Waals surface area contributed by atoms with E-state index in [2.05, 4.69) is 45.9 Å². The van der Waals surface area contributed by atoms with Crippen molar-refractivity contribution in [2.45, 2.75) is 67.2 Å². The fraction of sp³-hybridized carbons (Fsp3) is 0.778. The predicted molar refractivity (Wildman–Crippen MR) is 82.6 cm³/mol. The predicted octanol–water partition coefficient (Wildman–Crippen LogP) is 6.00. The van der Waals surface area contributed by atoms with Crippen molar-refractivity contribution in [3.05, 3.63) is 23.8 Å². The molecule has 0 aromatic carbocycles. The van der Waals surface area contributed by atoms with Crippen LogP contribution in [0.15, 0.2) is 23.8 Å². The van der Waals surface area contributed by atoms with Crippen molar-refractivity contribution in [3.8, 4) is 0 Å². The normalized spacial score (nSPS) is 33.7. The molecule has 2 aliphatic rings. The Morgan fingerprint density at radius 2 is 1.94 bits per heavy atom. The SMILES string of the molecule is CC.CCC1CC=C(C)C2CC(C)(C)C=CC2C1. The topological polar surface area (TPSA) is 0 Å². The molecule has 0 N–H and O–H groups in total. The molecule has 2 rings (SSSR count). The zero-order chi connectivity index (χ0) is 13.8. The molecule has 0 nitrogen and oxygen atoms in total. The van der Waals surface area contributed by atoms with Crippen molar-refractivity contribution in [3.63, 3.8) is 0 Å². The summed E-state index contributed by atoms with van der Waals surface area (Å²) < 4.78 is 0. The lowest BCUT2D eigenvalue weighted by molar-refractivity contribution is 0.257. The van der Waals surface area contributed by atoms with Crippen molar-refractivity contribution in [2.75, 3.05) is 0 Å². The Morgan fingerprint density at radius 3 is 2.56 bits per heavy atom. The minimum Gasteiger partial charge on any atom is -0.0850 e. The molecule has 0 saturated heterocycles. The zero-order valence-corrected chi connectivity index (χ0v) is 13.3. The van der Waals surface area contributed by atoms with E-state index in [1.165, 1.54) is 25.7 Å². The van der Waals surface area contributed by atoms with Gasteiger partial charge in [-0.3, -0.25) is 0 Å². The van der Waals surface area contributed by atoms with Crippen LogP contribution in [0.25, 0.3) is 0 Å². The van der Waals surface area contributed by atoms with E-state index in [0.29, 0.717) is 5.41 Å². The summed E-state index contributed by atoms with van der Waals surface area (Å²) in [5.74, 6) is 2.55. The third-order valence-electron chi connectivity index (χ3n) is 4.60. The van der Waals surface area contributed by atoms with Crippen LogP contribution in [0.2, 0.25) is 0 Å². The summed E-state index contributed by atoms with van der Waals surface area (Å²) in [4.78, 5) is 0. The molecular formula is C18H32. The Bertz CT molecular complexity index is 306. The Morgan fingerprint density at radius 1 is 1.28 bits per heavy atom. The standard InChI is InChI=1S/C16H26.C2H6/c1-5-13-7-6-12(2)15-11-16(3,4)9-8-14(15)10-13;1-2/h6,8-9,13-15H,5,7,10-11H2,1-4H3;1-2H3. The first-order chi connectivity index (χ1) is 8.52. The third kappa shape index (κ3) is 3.73. The molecule has 0 saturated carbocycles. The average Bonchev–Trinajstić information content (AvgIpc) is 2.51. The van der Waals surface area contributed by atoms with Gasteiger partial charge in [0.25, 0.3) is 0 Å². The van der Waals surface area contributed by atoms with E-state index in [9.17, 15) is 0 Å². The van der Waals surface area contributed by atoms with Gasteiger partial charge in [0.15, 0.2) is 0 Å². The molecule has 0 fully saturated rings. The molecule has 0 spiro atoms. The first kappa shape index (κ1) is 15.5. The zero-order valence-electron chi connectivity index (χ0n) is 13.3. The quantitative estimate of drug-likeness (QED) is 0.499. The molecule has 0 heteroatoms. The van der Waals surface area contributed by atoms with Gasteiger partial charge in [-0.2, -0.15) is 0 Å². The molecule has 2 aliphatic carbocycles. The van der Waals surface area contributed by atoms with E-state index in [1.807, 2.05) is 13.8 Å². The number of hydrogen-bond acceptors (Lipinski definition) is 0. The van der Waals surface area contributed by atoms with Crippen molar-refractivity contribution < 1.29 is 0 Å². The van der Waals surface area contributed by atoms with E-state index in [1.54, 1.807) is 5.57 Å². The van der Waals surface area contributed by atoms with Crippen LogP contribution in [0.5, 0.6) is 0 Å². The van der Waals surface area contributed by atoms with Gasteiger partial charge in [-0.05, 0) is 49.4 Å². The molecule has 0 aliphatic heterocycles. The highest BCUT2D eigenvalue weighted by molar-refractivity contribution is 5.18. The largest absolute Gasteiger partial charge is 0.0850 e. The maximum atomic E-state index is 2.52. The molecule has 0 heterocycles. The van der Waals surface area contributed by atoms with Crippen LogP contribution < -0.4 is 0 Å². The van der Waals surface area contributed by atoms with Crippen molar-refractivity contribution in [1.29, 1.82) is 0 Å². The summed E-state index contributed by atoms with van der Waals surface area (Å²) in [6, 6.07) is 0. The van der Waals surface area contributed by atoms with Crippen LogP contribution >= 0.6 is 0 Å². The molecule has 3 atom stereocenters. The number of allylic oxidation sites excluding steroid dienone is 4. The minimum atomic E-state index is 0.405. The van der Waals surface area contributed by atoms with Crippen LogP contribution in [0.4, 0.5) is 0 Å². The van der Waals surface area contributed by atoms with Gasteiger partial charge in [0.2, 0.25) is 0 Å². The Kier molecular flexibility index (Phi) is 5.69. The maximum absolute atomic E-state index is 2.52. The minimum absolute atomic E-state index is 0.405. The van der Waals surface area contributed by atoms with Crippen LogP contribution in [-0.2, 0) is 0 Å². The number of fused-ring (bicyclic) bond motifs is 1. The molecule has 104 valence electrons. The molecule has 0 bridgehead atoms. The fourth-order valence-corrected chi connectivity index (χ4v) is 3.36. The fourth-order valence-electron chi connectivity index (χ4n) is 3.36. The highest BCUT2D eigenvalue weighted by Gasteiger charge is 2.33. The van der Waals surface area contributed by atoms with Crippen molar-refractivity contribution in [2.24, 2.45) is 23.2 Å². The molecule has 3 unspecified atom stereocenters. The van der Waals surface area contributed by atoms with Crippen LogP contribution in [0.3, 0.4) is 0 Å². The van der Waals surface area contributed by atoms with E-state index >= 15 is 0 Å². The Balaban J connectivity index is 0.000000771. The first-order valence-electron chi connectivity index (χ1n) is 7.88. The van der Waals surface area contributed by atoms with Gasteiger partial charge in [-0.15, -0.1) is 0 Å². The second-order valence-corrected chi connectivity index (χ2v) is 6.52. The molecule has 0 aromatic heterocycles. The highest BCUT2D eigenvalue weighted by atomic mass is 14.4. The van der Waals surface area contributed by atoms with Gasteiger partial charge < -0.3 is 0 Å². The molecule has 18 heavy (non-hydrogen) atoms. The smallest absolute Gasteiger partial charge is 0.0135 e. The van der Waals surface area contributed by atoms with Gasteiger partial charge in [0.05, 0.1) is 0 Å². The number of rotatable bonds is 1. The summed E-state index contributed by atoms with van der Waals surface area (Å²) in [5, 5.41) is 0. The monoisotopic (exact) mass is 248 g/mol. The second kappa shape index (κ2) is 6.59. The van der Waals surface area contributed by atoms with Gasteiger partial charge in [-0.1, -0.05) is 64.8 Å². The van der Waals surface area contributed by atoms with E-state index in [0.717, 1.165) is 17.8 Å². The summed E-state index contributed by atoms with van der Waals surface area (Å²) >= 11 is 0. The molecular weight excluding hydrogens is 216 g/mol. The highest BCUT2D eigenvalue weighted by Crippen LogP contribution is 2.45. The lowest BCUT2D eigenvalue weighted by Gasteiger charge is -2.36. The van der Waals surface area contributed by atoms with Crippen LogP contribution in [0, 0.1) is 23.2 Å². The average molecular weight is 248 g/mol. The van der Waals surface area contributed by atoms with Gasteiger partial charge in [0.1, 0.15) is 0 Å². The lowest BCUT2D eigenvalue weighted by Crippen LogP contribution is -2.26. The Labute approximate surface area is 115 Å². The molecule has 0 amide bonds. The lowest BCUT2D eigenvalue weighted by atomic mass is 9.68. The summed E-state index contributed by atoms with van der Waals surface area (Å²) in [5.41, 5.74) is 2.06. The van der Waals surface area contributed by atoms with Gasteiger partial charge >= 0.3 is 0 Å². The molecule has 0 aromatic rings. The Hall–Kier alpha value is -0.520.